The van der Waals surface area contributed by atoms with E-state index in [9.17, 15) is 0 Å². The van der Waals surface area contributed by atoms with E-state index in [2.05, 4.69) is 84.9 Å². The Hall–Kier alpha value is -3.09. The largest absolute Gasteiger partial charge is 0.0843 e. The smallest absolute Gasteiger partial charge is 0.0412 e. The average molecular weight is 365 g/mol. The molecule has 0 radical (unpaired) electrons. The summed E-state index contributed by atoms with van der Waals surface area (Å²) in [5.74, 6) is 0. The highest BCUT2D eigenvalue weighted by molar-refractivity contribution is 6.30. The fourth-order valence-electron chi connectivity index (χ4n) is 3.74. The van der Waals surface area contributed by atoms with Gasteiger partial charge in [0.1, 0.15) is 0 Å². The summed E-state index contributed by atoms with van der Waals surface area (Å²) in [6.45, 7) is 0. The number of fused-ring (bicyclic) bond motifs is 2. The number of halogens is 1. The lowest BCUT2D eigenvalue weighted by molar-refractivity contribution is 1.62. The van der Waals surface area contributed by atoms with E-state index in [0.717, 1.165) is 10.6 Å². The first-order chi connectivity index (χ1) is 13.3. The van der Waals surface area contributed by atoms with Crippen molar-refractivity contribution in [1.29, 1.82) is 0 Å². The second kappa shape index (κ2) is 6.57. The monoisotopic (exact) mass is 364 g/mol. The van der Waals surface area contributed by atoms with Crippen molar-refractivity contribution in [2.75, 3.05) is 0 Å². The molecule has 128 valence electrons. The molecule has 0 aromatic heterocycles. The number of benzene rings is 5. The number of hydrogen-bond acceptors (Lipinski definition) is 0. The van der Waals surface area contributed by atoms with Gasteiger partial charge in [-0.1, -0.05) is 84.4 Å². The van der Waals surface area contributed by atoms with E-state index in [1.165, 1.54) is 38.2 Å². The molecule has 0 spiro atoms. The number of hydrogen-bond donors (Lipinski definition) is 0. The first kappa shape index (κ1) is 16.1. The van der Waals surface area contributed by atoms with Gasteiger partial charge in [0.05, 0.1) is 0 Å². The van der Waals surface area contributed by atoms with Crippen LogP contribution in [0, 0.1) is 0 Å². The SMILES string of the molecule is Clc1cccc(-c2cc(-c3ccc4ccccc4c3)c3ccccc3c2)c1. The van der Waals surface area contributed by atoms with Crippen LogP contribution in [0.25, 0.3) is 43.8 Å². The minimum absolute atomic E-state index is 0.757. The first-order valence-corrected chi connectivity index (χ1v) is 9.44. The van der Waals surface area contributed by atoms with Crippen molar-refractivity contribution < 1.29 is 0 Å². The van der Waals surface area contributed by atoms with Gasteiger partial charge in [-0.3, -0.25) is 0 Å². The zero-order valence-corrected chi connectivity index (χ0v) is 15.4. The summed E-state index contributed by atoms with van der Waals surface area (Å²) in [4.78, 5) is 0. The highest BCUT2D eigenvalue weighted by Crippen LogP contribution is 2.35. The van der Waals surface area contributed by atoms with Crippen LogP contribution in [-0.2, 0) is 0 Å². The van der Waals surface area contributed by atoms with Crippen LogP contribution in [0.3, 0.4) is 0 Å². The van der Waals surface area contributed by atoms with Gasteiger partial charge in [-0.2, -0.15) is 0 Å². The molecule has 0 saturated heterocycles. The third kappa shape index (κ3) is 2.99. The summed E-state index contributed by atoms with van der Waals surface area (Å²) in [6.07, 6.45) is 0. The fourth-order valence-corrected chi connectivity index (χ4v) is 3.93. The van der Waals surface area contributed by atoms with E-state index in [-0.39, 0.29) is 0 Å². The number of rotatable bonds is 2. The van der Waals surface area contributed by atoms with E-state index in [1.54, 1.807) is 0 Å². The van der Waals surface area contributed by atoms with Crippen molar-refractivity contribution in [3.05, 3.63) is 108 Å². The van der Waals surface area contributed by atoms with Crippen LogP contribution in [0.15, 0.2) is 103 Å². The lowest BCUT2D eigenvalue weighted by atomic mass is 9.92. The predicted octanol–water partition coefficient (Wildman–Crippen LogP) is 7.98. The van der Waals surface area contributed by atoms with E-state index < -0.39 is 0 Å². The molecule has 0 aliphatic heterocycles. The van der Waals surface area contributed by atoms with Gasteiger partial charge in [-0.15, -0.1) is 0 Å². The topological polar surface area (TPSA) is 0 Å². The maximum Gasteiger partial charge on any atom is 0.0412 e. The molecule has 0 amide bonds. The molecule has 0 heterocycles. The Balaban J connectivity index is 1.79. The molecule has 0 aliphatic carbocycles. The quantitative estimate of drug-likeness (QED) is 0.298. The van der Waals surface area contributed by atoms with Crippen LogP contribution in [0.2, 0.25) is 5.02 Å². The summed E-state index contributed by atoms with van der Waals surface area (Å²) in [5, 5.41) is 5.77. The fraction of sp³-hybridized carbons (Fsp3) is 0. The second-order valence-corrected chi connectivity index (χ2v) is 7.25. The zero-order valence-electron chi connectivity index (χ0n) is 14.7. The average Bonchev–Trinajstić information content (AvgIpc) is 2.72. The van der Waals surface area contributed by atoms with Crippen molar-refractivity contribution in [3.63, 3.8) is 0 Å². The van der Waals surface area contributed by atoms with Crippen LogP contribution in [-0.4, -0.2) is 0 Å². The third-order valence-electron chi connectivity index (χ3n) is 5.08. The Morgan fingerprint density at radius 3 is 2.04 bits per heavy atom. The van der Waals surface area contributed by atoms with Gasteiger partial charge in [0.2, 0.25) is 0 Å². The lowest BCUT2D eigenvalue weighted by Gasteiger charge is -2.12. The van der Waals surface area contributed by atoms with Crippen LogP contribution < -0.4 is 0 Å². The highest BCUT2D eigenvalue weighted by Gasteiger charge is 2.09. The van der Waals surface area contributed by atoms with Crippen molar-refractivity contribution in [2.45, 2.75) is 0 Å². The van der Waals surface area contributed by atoms with E-state index in [1.807, 2.05) is 18.2 Å². The summed E-state index contributed by atoms with van der Waals surface area (Å²) in [5.41, 5.74) is 4.79. The molecule has 0 nitrogen and oxygen atoms in total. The molecule has 1 heteroatoms. The molecular weight excluding hydrogens is 348 g/mol. The Morgan fingerprint density at radius 2 is 1.19 bits per heavy atom. The van der Waals surface area contributed by atoms with Gasteiger partial charge in [-0.05, 0) is 74.1 Å². The van der Waals surface area contributed by atoms with Gasteiger partial charge in [0.25, 0.3) is 0 Å². The van der Waals surface area contributed by atoms with Crippen LogP contribution in [0.5, 0.6) is 0 Å². The molecule has 0 fully saturated rings. The second-order valence-electron chi connectivity index (χ2n) is 6.82. The molecule has 0 atom stereocenters. The molecule has 0 N–H and O–H groups in total. The van der Waals surface area contributed by atoms with Crippen molar-refractivity contribution >= 4 is 33.1 Å². The summed E-state index contributed by atoms with van der Waals surface area (Å²) < 4.78 is 0. The zero-order chi connectivity index (χ0) is 18.2. The summed E-state index contributed by atoms with van der Waals surface area (Å²) in [6, 6.07) is 36.3. The molecule has 5 aromatic carbocycles. The molecule has 0 saturated carbocycles. The molecule has 27 heavy (non-hydrogen) atoms. The Kier molecular flexibility index (Phi) is 3.92. The van der Waals surface area contributed by atoms with E-state index in [4.69, 9.17) is 11.6 Å². The third-order valence-corrected chi connectivity index (χ3v) is 5.32. The predicted molar refractivity (Wildman–Crippen MR) is 117 cm³/mol. The minimum Gasteiger partial charge on any atom is -0.0843 e. The first-order valence-electron chi connectivity index (χ1n) is 9.06. The Morgan fingerprint density at radius 1 is 0.444 bits per heavy atom. The van der Waals surface area contributed by atoms with Crippen LogP contribution in [0.4, 0.5) is 0 Å². The summed E-state index contributed by atoms with van der Waals surface area (Å²) in [7, 11) is 0. The molecule has 5 aromatic rings. The van der Waals surface area contributed by atoms with Gasteiger partial charge >= 0.3 is 0 Å². The lowest BCUT2D eigenvalue weighted by Crippen LogP contribution is -1.86. The normalized spacial score (nSPS) is 11.1. The molecule has 0 aliphatic rings. The van der Waals surface area contributed by atoms with Crippen LogP contribution in [0.1, 0.15) is 0 Å². The van der Waals surface area contributed by atoms with Crippen molar-refractivity contribution in [1.82, 2.24) is 0 Å². The van der Waals surface area contributed by atoms with Crippen LogP contribution >= 0.6 is 11.6 Å². The summed E-state index contributed by atoms with van der Waals surface area (Å²) >= 11 is 6.24. The van der Waals surface area contributed by atoms with E-state index >= 15 is 0 Å². The van der Waals surface area contributed by atoms with Gasteiger partial charge in [-0.25, -0.2) is 0 Å². The molecule has 0 unspecified atom stereocenters. The van der Waals surface area contributed by atoms with Gasteiger partial charge in [0.15, 0.2) is 0 Å². The minimum atomic E-state index is 0.757. The van der Waals surface area contributed by atoms with Gasteiger partial charge < -0.3 is 0 Å². The molecule has 5 rings (SSSR count). The van der Waals surface area contributed by atoms with Crippen molar-refractivity contribution in [3.8, 4) is 22.3 Å². The van der Waals surface area contributed by atoms with Crippen molar-refractivity contribution in [2.24, 2.45) is 0 Å². The maximum atomic E-state index is 6.24. The highest BCUT2D eigenvalue weighted by atomic mass is 35.5. The maximum absolute atomic E-state index is 6.24. The standard InChI is InChI=1S/C26H17Cl/c27-24-10-5-9-20(16-24)23-15-21-8-3-4-11-25(21)26(17-23)22-13-12-18-6-1-2-7-19(18)14-22/h1-17H. The van der Waals surface area contributed by atoms with E-state index in [0.29, 0.717) is 0 Å². The van der Waals surface area contributed by atoms with Gasteiger partial charge in [0, 0.05) is 5.02 Å². The Bertz CT molecular complexity index is 1280. The molecule has 0 bridgehead atoms. The Labute approximate surface area is 163 Å². The molecular formula is C26H17Cl.